The Kier molecular flexibility index (Phi) is 4.46. The van der Waals surface area contributed by atoms with Gasteiger partial charge in [-0.05, 0) is 48.9 Å². The van der Waals surface area contributed by atoms with Crippen molar-refractivity contribution < 1.29 is 4.79 Å². The van der Waals surface area contributed by atoms with Crippen LogP contribution in [-0.4, -0.2) is 40.1 Å². The molecule has 0 atom stereocenters. The van der Waals surface area contributed by atoms with Crippen LogP contribution < -0.4 is 15.3 Å². The first kappa shape index (κ1) is 16.8. The minimum absolute atomic E-state index is 0.0299. The molecule has 2 radical (unpaired) electrons. The quantitative estimate of drug-likeness (QED) is 0.787. The van der Waals surface area contributed by atoms with Gasteiger partial charge in [0.25, 0.3) is 12.6 Å². The third-order valence-corrected chi connectivity index (χ3v) is 5.38. The zero-order valence-corrected chi connectivity index (χ0v) is 14.7. The Morgan fingerprint density at radius 1 is 1.12 bits per heavy atom. The van der Waals surface area contributed by atoms with E-state index in [2.05, 4.69) is 10.9 Å². The largest absolute Gasteiger partial charge is 0.373 e. The van der Waals surface area contributed by atoms with E-state index in [1.165, 1.54) is 0 Å². The van der Waals surface area contributed by atoms with Crippen LogP contribution in [0.5, 0.6) is 0 Å². The van der Waals surface area contributed by atoms with Gasteiger partial charge in [0, 0.05) is 42.5 Å². The lowest BCUT2D eigenvalue weighted by Gasteiger charge is -2.30. The second-order valence-electron chi connectivity index (χ2n) is 7.04. The molecule has 2 aromatic rings. The number of nitriles is 1. The molecule has 0 bridgehead atoms. The summed E-state index contributed by atoms with van der Waals surface area (Å²) >= 11 is 0. The number of carbonyl (C=O) groups excluding carboxylic acids is 1. The van der Waals surface area contributed by atoms with Crippen molar-refractivity contribution in [1.82, 2.24) is 0 Å². The predicted molar refractivity (Wildman–Crippen MR) is 107 cm³/mol. The highest BCUT2D eigenvalue weighted by Gasteiger charge is 2.27. The van der Waals surface area contributed by atoms with Crippen molar-refractivity contribution >= 4 is 37.3 Å². The highest BCUT2D eigenvalue weighted by Crippen LogP contribution is 2.29. The van der Waals surface area contributed by atoms with Crippen molar-refractivity contribution in [3.05, 3.63) is 53.6 Å². The molecular formula is C20H19B2N3O. The fraction of sp³-hybridized carbons (Fsp3) is 0.300. The van der Waals surface area contributed by atoms with Gasteiger partial charge in [-0.2, -0.15) is 0 Å². The number of hydrogen-bond acceptors (Lipinski definition) is 3. The lowest BCUT2D eigenvalue weighted by Crippen LogP contribution is -2.36. The number of anilines is 2. The second-order valence-corrected chi connectivity index (χ2v) is 7.04. The molecule has 2 aliphatic rings. The molecule has 1 amide bonds. The maximum absolute atomic E-state index is 13.1. The summed E-state index contributed by atoms with van der Waals surface area (Å²) in [4.78, 5) is 17.2. The highest BCUT2D eigenvalue weighted by molar-refractivity contribution is 6.67. The van der Waals surface area contributed by atoms with Crippen LogP contribution in [0.15, 0.2) is 42.5 Å². The van der Waals surface area contributed by atoms with Crippen molar-refractivity contribution in [2.45, 2.75) is 19.1 Å². The summed E-state index contributed by atoms with van der Waals surface area (Å²) in [6.07, 6.45) is 2.61. The number of fused-ring (bicyclic) bond motifs is 1. The average Bonchev–Trinajstić information content (AvgIpc) is 3.10. The second kappa shape index (κ2) is 6.91. The summed E-state index contributed by atoms with van der Waals surface area (Å²) in [6, 6.07) is 13.6. The van der Waals surface area contributed by atoms with Crippen molar-refractivity contribution in [3.8, 4) is 5.97 Å². The highest BCUT2D eigenvalue weighted by atomic mass is 16.2. The van der Waals surface area contributed by atoms with Gasteiger partial charge < -0.3 is 9.80 Å². The van der Waals surface area contributed by atoms with Crippen LogP contribution in [0.2, 0.25) is 12.6 Å². The van der Waals surface area contributed by atoms with Crippen LogP contribution in [0.1, 0.15) is 15.9 Å². The van der Waals surface area contributed by atoms with E-state index in [9.17, 15) is 4.79 Å². The van der Waals surface area contributed by atoms with Gasteiger partial charge in [0.2, 0.25) is 0 Å². The van der Waals surface area contributed by atoms with E-state index >= 15 is 0 Å². The normalized spacial score (nSPS) is 16.3. The Labute approximate surface area is 155 Å². The molecular weight excluding hydrogens is 320 g/mol. The maximum atomic E-state index is 13.1. The van der Waals surface area contributed by atoms with Crippen LogP contribution in [0.25, 0.3) is 0 Å². The van der Waals surface area contributed by atoms with Gasteiger partial charge >= 0.3 is 0 Å². The van der Waals surface area contributed by atoms with E-state index in [1.807, 2.05) is 47.4 Å². The summed E-state index contributed by atoms with van der Waals surface area (Å²) < 4.78 is 0. The van der Waals surface area contributed by atoms with E-state index < -0.39 is 0 Å². The number of hydrogen-bond donors (Lipinski definition) is 0. The summed E-state index contributed by atoms with van der Waals surface area (Å²) in [5.74, 6) is 2.39. The Balaban J connectivity index is 1.54. The summed E-state index contributed by atoms with van der Waals surface area (Å²) in [5, 5.41) is 9.06. The topological polar surface area (TPSA) is 47.3 Å². The van der Waals surface area contributed by atoms with Gasteiger partial charge in [0.15, 0.2) is 0 Å². The zero-order valence-electron chi connectivity index (χ0n) is 14.7. The monoisotopic (exact) mass is 339 g/mol. The van der Waals surface area contributed by atoms with Gasteiger partial charge in [0.1, 0.15) is 7.85 Å². The fourth-order valence-electron chi connectivity index (χ4n) is 3.89. The fourth-order valence-corrected chi connectivity index (χ4v) is 3.89. The number of benzene rings is 2. The number of carbonyl (C=O) groups is 1. The molecule has 0 spiro atoms. The Hall–Kier alpha value is -2.67. The summed E-state index contributed by atoms with van der Waals surface area (Å²) in [5.41, 5.74) is 4.59. The van der Waals surface area contributed by atoms with Gasteiger partial charge in [0.05, 0.1) is 0 Å². The molecule has 4 nitrogen and oxygen atoms in total. The van der Waals surface area contributed by atoms with E-state index in [4.69, 9.17) is 13.1 Å². The molecule has 2 aliphatic heterocycles. The van der Waals surface area contributed by atoms with Crippen LogP contribution in [-0.2, 0) is 6.42 Å². The molecule has 0 aromatic heterocycles. The van der Waals surface area contributed by atoms with Gasteiger partial charge in [-0.25, -0.2) is 5.26 Å². The Bertz CT molecular complexity index is 885. The molecule has 4 rings (SSSR count). The lowest BCUT2D eigenvalue weighted by atomic mass is 9.45. The first-order valence-corrected chi connectivity index (χ1v) is 9.10. The molecule has 0 unspecified atom stereocenters. The first-order valence-electron chi connectivity index (χ1n) is 9.10. The van der Waals surface area contributed by atoms with Crippen LogP contribution in [0.4, 0.5) is 11.4 Å². The van der Waals surface area contributed by atoms with E-state index in [0.29, 0.717) is 12.1 Å². The minimum atomic E-state index is 0.0299. The Morgan fingerprint density at radius 3 is 2.69 bits per heavy atom. The summed E-state index contributed by atoms with van der Waals surface area (Å²) in [6.45, 7) is 2.57. The number of rotatable bonds is 2. The van der Waals surface area contributed by atoms with E-state index in [-0.39, 0.29) is 12.6 Å². The number of nitrogens with zero attached hydrogens (tertiary/aromatic N) is 3. The van der Waals surface area contributed by atoms with Crippen molar-refractivity contribution in [3.63, 3.8) is 0 Å². The van der Waals surface area contributed by atoms with Crippen molar-refractivity contribution in [2.24, 2.45) is 0 Å². The molecule has 2 heterocycles. The smallest absolute Gasteiger partial charge is 0.271 e. The summed E-state index contributed by atoms with van der Waals surface area (Å²) in [7, 11) is 5.86. The van der Waals surface area contributed by atoms with Crippen LogP contribution in [0, 0.1) is 11.2 Å². The minimum Gasteiger partial charge on any atom is -0.373 e. The van der Waals surface area contributed by atoms with E-state index in [1.54, 1.807) is 0 Å². The van der Waals surface area contributed by atoms with Gasteiger partial charge in [-0.1, -0.05) is 23.7 Å². The molecule has 0 saturated carbocycles. The molecule has 0 N–H and O–H groups in total. The SMILES string of the molecule is [B]c1ccc2c(c1)CCN2C(=O)c1cccc(N2CCB(C#N)CC2)c1. The van der Waals surface area contributed by atoms with Crippen molar-refractivity contribution in [2.75, 3.05) is 29.4 Å². The number of amides is 1. The maximum Gasteiger partial charge on any atom is 0.271 e. The third-order valence-electron chi connectivity index (χ3n) is 5.38. The standard InChI is InChI=1S/C20H19B2N3O/c21-17-4-5-19-15(12-17)6-9-25(19)20(26)16-2-1-3-18(13-16)24-10-7-22(14-23)8-11-24/h1-5,12-13H,6-11H2. The molecule has 2 aromatic carbocycles. The van der Waals surface area contributed by atoms with Crippen LogP contribution >= 0.6 is 0 Å². The average molecular weight is 339 g/mol. The van der Waals surface area contributed by atoms with Gasteiger partial charge in [-0.3, -0.25) is 4.79 Å². The first-order chi connectivity index (χ1) is 12.7. The van der Waals surface area contributed by atoms with E-state index in [0.717, 1.165) is 54.6 Å². The zero-order chi connectivity index (χ0) is 18.1. The molecule has 1 saturated heterocycles. The molecule has 6 heteroatoms. The Morgan fingerprint density at radius 2 is 1.92 bits per heavy atom. The molecule has 0 aliphatic carbocycles. The molecule has 126 valence electrons. The molecule has 1 fully saturated rings. The van der Waals surface area contributed by atoms with Gasteiger partial charge in [-0.15, -0.1) is 0 Å². The molecule has 26 heavy (non-hydrogen) atoms. The predicted octanol–water partition coefficient (Wildman–Crippen LogP) is 2.06. The lowest BCUT2D eigenvalue weighted by molar-refractivity contribution is 0.0989. The van der Waals surface area contributed by atoms with Crippen molar-refractivity contribution in [1.29, 1.82) is 5.26 Å². The van der Waals surface area contributed by atoms with Crippen LogP contribution in [0.3, 0.4) is 0 Å². The third kappa shape index (κ3) is 3.10.